The zero-order chi connectivity index (χ0) is 11.7. The van der Waals surface area contributed by atoms with Crippen LogP contribution in [0.2, 0.25) is 0 Å². The summed E-state index contributed by atoms with van der Waals surface area (Å²) in [5.41, 5.74) is 3.18. The van der Waals surface area contributed by atoms with Gasteiger partial charge in [0.2, 0.25) is 0 Å². The summed E-state index contributed by atoms with van der Waals surface area (Å²) in [6.07, 6.45) is 5.98. The molecule has 2 aromatic rings. The number of benzene rings is 1. The Kier molecular flexibility index (Phi) is 2.67. The Labute approximate surface area is 102 Å². The van der Waals surface area contributed by atoms with Gasteiger partial charge in [-0.1, -0.05) is 25.1 Å². The van der Waals surface area contributed by atoms with Gasteiger partial charge >= 0.3 is 0 Å². The first-order valence-electron chi connectivity index (χ1n) is 6.63. The van der Waals surface area contributed by atoms with E-state index in [9.17, 15) is 0 Å². The van der Waals surface area contributed by atoms with Gasteiger partial charge < -0.3 is 10.3 Å². The standard InChI is InChI=1S/C15H20N2/c1-2-15(7-9-16-10-8-15)13-11-17-14-6-4-3-5-12(13)14/h3-6,11,16-17H,2,7-10H2,1H3. The van der Waals surface area contributed by atoms with E-state index in [1.807, 2.05) is 0 Å². The maximum atomic E-state index is 3.47. The minimum absolute atomic E-state index is 0.380. The van der Waals surface area contributed by atoms with Gasteiger partial charge in [-0.15, -0.1) is 0 Å². The molecule has 1 aliphatic heterocycles. The fraction of sp³-hybridized carbons (Fsp3) is 0.467. The van der Waals surface area contributed by atoms with E-state index in [2.05, 4.69) is 47.7 Å². The average molecular weight is 228 g/mol. The van der Waals surface area contributed by atoms with Crippen LogP contribution in [0.15, 0.2) is 30.5 Å². The molecular formula is C15H20N2. The number of aromatic nitrogens is 1. The third kappa shape index (κ3) is 1.67. The molecule has 0 radical (unpaired) electrons. The molecule has 0 saturated carbocycles. The molecule has 3 rings (SSSR count). The minimum atomic E-state index is 0.380. The summed E-state index contributed by atoms with van der Waals surface area (Å²) in [6, 6.07) is 8.66. The molecule has 2 heterocycles. The summed E-state index contributed by atoms with van der Waals surface area (Å²) in [4.78, 5) is 3.42. The molecule has 0 atom stereocenters. The molecule has 0 spiro atoms. The highest BCUT2D eigenvalue weighted by molar-refractivity contribution is 5.84. The smallest absolute Gasteiger partial charge is 0.0457 e. The van der Waals surface area contributed by atoms with Gasteiger partial charge in [0.05, 0.1) is 0 Å². The molecule has 0 bridgehead atoms. The number of para-hydroxylation sites is 1. The molecule has 90 valence electrons. The van der Waals surface area contributed by atoms with Gasteiger partial charge in [-0.05, 0) is 49.4 Å². The third-order valence-corrected chi connectivity index (χ3v) is 4.40. The zero-order valence-electron chi connectivity index (χ0n) is 10.4. The Hall–Kier alpha value is -1.28. The van der Waals surface area contributed by atoms with Gasteiger partial charge in [-0.2, -0.15) is 0 Å². The van der Waals surface area contributed by atoms with E-state index < -0.39 is 0 Å². The van der Waals surface area contributed by atoms with Crippen molar-refractivity contribution in [3.8, 4) is 0 Å². The highest BCUT2D eigenvalue weighted by Gasteiger charge is 2.33. The van der Waals surface area contributed by atoms with Gasteiger partial charge in [0, 0.05) is 17.1 Å². The van der Waals surface area contributed by atoms with E-state index in [1.165, 1.54) is 35.7 Å². The van der Waals surface area contributed by atoms with Crippen LogP contribution in [0, 0.1) is 0 Å². The molecule has 0 aliphatic carbocycles. The Balaban J connectivity index is 2.12. The van der Waals surface area contributed by atoms with Crippen LogP contribution in [0.5, 0.6) is 0 Å². The van der Waals surface area contributed by atoms with E-state index >= 15 is 0 Å². The minimum Gasteiger partial charge on any atom is -0.361 e. The van der Waals surface area contributed by atoms with Crippen LogP contribution in [0.4, 0.5) is 0 Å². The normalized spacial score (nSPS) is 19.6. The molecule has 1 saturated heterocycles. The largest absolute Gasteiger partial charge is 0.361 e. The van der Waals surface area contributed by atoms with Gasteiger partial charge in [0.25, 0.3) is 0 Å². The Morgan fingerprint density at radius 3 is 2.71 bits per heavy atom. The van der Waals surface area contributed by atoms with Crippen LogP contribution in [-0.2, 0) is 5.41 Å². The Morgan fingerprint density at radius 1 is 1.18 bits per heavy atom. The van der Waals surface area contributed by atoms with Crippen LogP contribution in [0.3, 0.4) is 0 Å². The number of H-pyrrole nitrogens is 1. The van der Waals surface area contributed by atoms with Gasteiger partial charge in [-0.25, -0.2) is 0 Å². The summed E-state index contributed by atoms with van der Waals surface area (Å²) in [6.45, 7) is 4.62. The fourth-order valence-corrected chi connectivity index (χ4v) is 3.23. The second-order valence-corrected chi connectivity index (χ2v) is 5.13. The first-order chi connectivity index (χ1) is 8.36. The number of nitrogens with one attached hydrogen (secondary N) is 2. The lowest BCUT2D eigenvalue weighted by Gasteiger charge is -2.37. The topological polar surface area (TPSA) is 27.8 Å². The quantitative estimate of drug-likeness (QED) is 0.811. The number of fused-ring (bicyclic) bond motifs is 1. The molecule has 2 nitrogen and oxygen atoms in total. The number of hydrogen-bond donors (Lipinski definition) is 2. The number of rotatable bonds is 2. The van der Waals surface area contributed by atoms with Crippen molar-refractivity contribution in [1.29, 1.82) is 0 Å². The zero-order valence-corrected chi connectivity index (χ0v) is 10.4. The van der Waals surface area contributed by atoms with Gasteiger partial charge in [-0.3, -0.25) is 0 Å². The van der Waals surface area contributed by atoms with Crippen molar-refractivity contribution in [2.45, 2.75) is 31.6 Å². The Morgan fingerprint density at radius 2 is 1.94 bits per heavy atom. The van der Waals surface area contributed by atoms with E-state index in [-0.39, 0.29) is 0 Å². The SMILES string of the molecule is CCC1(c2c[nH]c3ccccc23)CCNCC1. The van der Waals surface area contributed by atoms with Crippen LogP contribution in [0.25, 0.3) is 10.9 Å². The molecule has 1 aromatic carbocycles. The van der Waals surface area contributed by atoms with Gasteiger partial charge in [0.1, 0.15) is 0 Å². The molecule has 2 N–H and O–H groups in total. The molecular weight excluding hydrogens is 208 g/mol. The van der Waals surface area contributed by atoms with E-state index in [0.717, 1.165) is 13.1 Å². The average Bonchev–Trinajstić information content (AvgIpc) is 2.84. The maximum absolute atomic E-state index is 3.47. The lowest BCUT2D eigenvalue weighted by molar-refractivity contribution is 0.300. The summed E-state index contributed by atoms with van der Waals surface area (Å²) in [5.74, 6) is 0. The monoisotopic (exact) mass is 228 g/mol. The number of piperidine rings is 1. The lowest BCUT2D eigenvalue weighted by Crippen LogP contribution is -2.39. The van der Waals surface area contributed by atoms with Crippen molar-refractivity contribution in [3.05, 3.63) is 36.0 Å². The highest BCUT2D eigenvalue weighted by atomic mass is 14.9. The van der Waals surface area contributed by atoms with Crippen LogP contribution >= 0.6 is 0 Å². The first-order valence-corrected chi connectivity index (χ1v) is 6.63. The predicted octanol–water partition coefficient (Wildman–Crippen LogP) is 3.20. The van der Waals surface area contributed by atoms with E-state index in [1.54, 1.807) is 0 Å². The fourth-order valence-electron chi connectivity index (χ4n) is 3.23. The molecule has 0 amide bonds. The summed E-state index contributed by atoms with van der Waals surface area (Å²) in [5, 5.41) is 4.89. The summed E-state index contributed by atoms with van der Waals surface area (Å²) < 4.78 is 0. The molecule has 17 heavy (non-hydrogen) atoms. The van der Waals surface area contributed by atoms with Crippen molar-refractivity contribution < 1.29 is 0 Å². The third-order valence-electron chi connectivity index (χ3n) is 4.40. The summed E-state index contributed by atoms with van der Waals surface area (Å²) in [7, 11) is 0. The van der Waals surface area contributed by atoms with Crippen molar-refractivity contribution in [2.24, 2.45) is 0 Å². The number of hydrogen-bond acceptors (Lipinski definition) is 1. The van der Waals surface area contributed by atoms with Crippen LogP contribution < -0.4 is 5.32 Å². The molecule has 2 heteroatoms. The maximum Gasteiger partial charge on any atom is 0.0457 e. The second-order valence-electron chi connectivity index (χ2n) is 5.13. The molecule has 0 unspecified atom stereocenters. The lowest BCUT2D eigenvalue weighted by atomic mass is 9.71. The predicted molar refractivity (Wildman–Crippen MR) is 72.4 cm³/mol. The van der Waals surface area contributed by atoms with Crippen LogP contribution in [-0.4, -0.2) is 18.1 Å². The molecule has 1 fully saturated rings. The Bertz CT molecular complexity index is 506. The summed E-state index contributed by atoms with van der Waals surface area (Å²) >= 11 is 0. The highest BCUT2D eigenvalue weighted by Crippen LogP contribution is 2.40. The van der Waals surface area contributed by atoms with Crippen molar-refractivity contribution >= 4 is 10.9 Å². The van der Waals surface area contributed by atoms with Crippen molar-refractivity contribution in [2.75, 3.05) is 13.1 Å². The first kappa shape index (κ1) is 10.8. The molecule has 1 aromatic heterocycles. The van der Waals surface area contributed by atoms with Crippen molar-refractivity contribution in [3.63, 3.8) is 0 Å². The van der Waals surface area contributed by atoms with Crippen molar-refractivity contribution in [1.82, 2.24) is 10.3 Å². The molecule has 1 aliphatic rings. The second kappa shape index (κ2) is 4.19. The van der Waals surface area contributed by atoms with E-state index in [4.69, 9.17) is 0 Å². The van der Waals surface area contributed by atoms with Gasteiger partial charge in [0.15, 0.2) is 0 Å². The van der Waals surface area contributed by atoms with E-state index in [0.29, 0.717) is 5.41 Å². The van der Waals surface area contributed by atoms with Crippen LogP contribution in [0.1, 0.15) is 31.7 Å². The number of aromatic amines is 1.